The molecule has 3 rings (SSSR count). The molecular formula is C28H27BrN2O4. The van der Waals surface area contributed by atoms with Gasteiger partial charge in [-0.2, -0.15) is 5.26 Å². The minimum atomic E-state index is -0.487. The number of anilines is 1. The molecule has 0 saturated carbocycles. The molecule has 0 radical (unpaired) electrons. The van der Waals surface area contributed by atoms with E-state index in [9.17, 15) is 10.1 Å². The molecule has 0 heterocycles. The second kappa shape index (κ2) is 13.3. The lowest BCUT2D eigenvalue weighted by atomic mass is 10.1. The molecule has 1 amide bonds. The molecule has 0 aliphatic rings. The molecule has 0 aromatic heterocycles. The summed E-state index contributed by atoms with van der Waals surface area (Å²) in [6, 6.07) is 22.6. The van der Waals surface area contributed by atoms with E-state index in [4.69, 9.17) is 14.2 Å². The summed E-state index contributed by atoms with van der Waals surface area (Å²) in [7, 11) is 0. The zero-order valence-electron chi connectivity index (χ0n) is 19.7. The highest BCUT2D eigenvalue weighted by atomic mass is 79.9. The Balaban J connectivity index is 1.54. The van der Waals surface area contributed by atoms with Crippen molar-refractivity contribution in [2.75, 3.05) is 31.7 Å². The standard InChI is InChI=1S/C28H27BrN2O4/c1-20-7-10-25(11-8-20)31-28(32)23(19-30)17-22-18-24(29)9-12-27(22)35-16-14-33-13-15-34-26-6-4-3-5-21(26)2/h3-12,17-18H,13-16H2,1-2H3,(H,31,32)/b23-17+. The van der Waals surface area contributed by atoms with E-state index in [0.717, 1.165) is 21.3 Å². The third-order valence-corrected chi connectivity index (χ3v) is 5.50. The van der Waals surface area contributed by atoms with E-state index in [1.54, 1.807) is 24.3 Å². The van der Waals surface area contributed by atoms with Gasteiger partial charge in [0.05, 0.1) is 13.2 Å². The van der Waals surface area contributed by atoms with Gasteiger partial charge in [-0.3, -0.25) is 4.79 Å². The third-order valence-electron chi connectivity index (χ3n) is 5.01. The van der Waals surface area contributed by atoms with Crippen LogP contribution in [0.1, 0.15) is 16.7 Å². The molecule has 3 aromatic carbocycles. The van der Waals surface area contributed by atoms with Gasteiger partial charge in [-0.15, -0.1) is 0 Å². The Morgan fingerprint density at radius 3 is 2.31 bits per heavy atom. The smallest absolute Gasteiger partial charge is 0.266 e. The number of hydrogen-bond acceptors (Lipinski definition) is 5. The van der Waals surface area contributed by atoms with Gasteiger partial charge in [0.2, 0.25) is 0 Å². The number of rotatable bonds is 11. The van der Waals surface area contributed by atoms with Crippen molar-refractivity contribution in [3.63, 3.8) is 0 Å². The van der Waals surface area contributed by atoms with Crippen molar-refractivity contribution < 1.29 is 19.0 Å². The monoisotopic (exact) mass is 534 g/mol. The lowest BCUT2D eigenvalue weighted by Crippen LogP contribution is -2.14. The molecule has 0 spiro atoms. The van der Waals surface area contributed by atoms with Crippen molar-refractivity contribution in [2.24, 2.45) is 0 Å². The number of amides is 1. The van der Waals surface area contributed by atoms with Gasteiger partial charge < -0.3 is 19.5 Å². The van der Waals surface area contributed by atoms with Crippen LogP contribution in [0.3, 0.4) is 0 Å². The van der Waals surface area contributed by atoms with Crippen molar-refractivity contribution in [2.45, 2.75) is 13.8 Å². The number of para-hydroxylation sites is 1. The van der Waals surface area contributed by atoms with Gasteiger partial charge >= 0.3 is 0 Å². The lowest BCUT2D eigenvalue weighted by Gasteiger charge is -2.12. The molecule has 0 atom stereocenters. The SMILES string of the molecule is Cc1ccc(NC(=O)/C(C#N)=C/c2cc(Br)ccc2OCCOCCOc2ccccc2C)cc1. The number of hydrogen-bond donors (Lipinski definition) is 1. The zero-order chi connectivity index (χ0) is 25.0. The van der Waals surface area contributed by atoms with Crippen LogP contribution in [0.2, 0.25) is 0 Å². The Hall–Kier alpha value is -3.60. The Morgan fingerprint density at radius 1 is 0.943 bits per heavy atom. The topological polar surface area (TPSA) is 80.6 Å². The first-order valence-electron chi connectivity index (χ1n) is 11.1. The first-order chi connectivity index (χ1) is 17.0. The van der Waals surface area contributed by atoms with Gasteiger partial charge in [-0.25, -0.2) is 0 Å². The molecule has 0 bridgehead atoms. The first kappa shape index (κ1) is 26.0. The average molecular weight is 535 g/mol. The van der Waals surface area contributed by atoms with E-state index in [1.165, 1.54) is 6.08 Å². The fraction of sp³-hybridized carbons (Fsp3) is 0.214. The van der Waals surface area contributed by atoms with Gasteiger partial charge in [0.1, 0.15) is 36.4 Å². The fourth-order valence-electron chi connectivity index (χ4n) is 3.14. The van der Waals surface area contributed by atoms with Gasteiger partial charge in [0.15, 0.2) is 0 Å². The minimum Gasteiger partial charge on any atom is -0.491 e. The summed E-state index contributed by atoms with van der Waals surface area (Å²) in [5, 5.41) is 12.3. The maximum Gasteiger partial charge on any atom is 0.266 e. The molecule has 1 N–H and O–H groups in total. The minimum absolute atomic E-state index is 0.0295. The van der Waals surface area contributed by atoms with Crippen molar-refractivity contribution in [3.8, 4) is 17.6 Å². The predicted octanol–water partition coefficient (Wildman–Crippen LogP) is 6.09. The fourth-order valence-corrected chi connectivity index (χ4v) is 3.52. The van der Waals surface area contributed by atoms with Crippen LogP contribution >= 0.6 is 15.9 Å². The molecule has 35 heavy (non-hydrogen) atoms. The van der Waals surface area contributed by atoms with Crippen LogP contribution in [0.4, 0.5) is 5.69 Å². The summed E-state index contributed by atoms with van der Waals surface area (Å²) < 4.78 is 18.0. The van der Waals surface area contributed by atoms with Crippen LogP contribution in [-0.4, -0.2) is 32.3 Å². The van der Waals surface area contributed by atoms with Gasteiger partial charge in [0, 0.05) is 15.7 Å². The van der Waals surface area contributed by atoms with Crippen molar-refractivity contribution in [3.05, 3.63) is 93.5 Å². The second-order valence-corrected chi connectivity index (χ2v) is 8.66. The maximum absolute atomic E-state index is 12.6. The van der Waals surface area contributed by atoms with E-state index < -0.39 is 5.91 Å². The lowest BCUT2D eigenvalue weighted by molar-refractivity contribution is -0.112. The second-order valence-electron chi connectivity index (χ2n) is 7.75. The number of ether oxygens (including phenoxy) is 3. The molecule has 0 aliphatic carbocycles. The van der Waals surface area contributed by atoms with Crippen LogP contribution in [-0.2, 0) is 9.53 Å². The molecule has 0 fully saturated rings. The highest BCUT2D eigenvalue weighted by molar-refractivity contribution is 9.10. The summed E-state index contributed by atoms with van der Waals surface area (Å²) in [6.07, 6.45) is 1.51. The number of halogens is 1. The van der Waals surface area contributed by atoms with Gasteiger partial charge in [-0.05, 0) is 61.9 Å². The zero-order valence-corrected chi connectivity index (χ0v) is 21.3. The summed E-state index contributed by atoms with van der Waals surface area (Å²) in [6.45, 7) is 5.52. The van der Waals surface area contributed by atoms with Crippen LogP contribution in [0.25, 0.3) is 6.08 Å². The highest BCUT2D eigenvalue weighted by Gasteiger charge is 2.12. The largest absolute Gasteiger partial charge is 0.491 e. The average Bonchev–Trinajstić information content (AvgIpc) is 2.85. The molecule has 0 unspecified atom stereocenters. The highest BCUT2D eigenvalue weighted by Crippen LogP contribution is 2.26. The van der Waals surface area contributed by atoms with Crippen molar-refractivity contribution in [1.29, 1.82) is 5.26 Å². The maximum atomic E-state index is 12.6. The Labute approximate surface area is 214 Å². The molecule has 6 nitrogen and oxygen atoms in total. The normalized spacial score (nSPS) is 11.0. The van der Waals surface area contributed by atoms with E-state index in [0.29, 0.717) is 43.4 Å². The summed E-state index contributed by atoms with van der Waals surface area (Å²) >= 11 is 3.43. The first-order valence-corrected chi connectivity index (χ1v) is 11.9. The van der Waals surface area contributed by atoms with E-state index in [2.05, 4.69) is 21.2 Å². The van der Waals surface area contributed by atoms with Crippen LogP contribution in [0, 0.1) is 25.2 Å². The number of carbonyl (C=O) groups excluding carboxylic acids is 1. The molecule has 0 saturated heterocycles. The number of nitrogens with one attached hydrogen (secondary N) is 1. The van der Waals surface area contributed by atoms with Crippen LogP contribution in [0.15, 0.2) is 76.8 Å². The van der Waals surface area contributed by atoms with Gasteiger partial charge in [-0.1, -0.05) is 51.8 Å². The number of carbonyl (C=O) groups is 1. The van der Waals surface area contributed by atoms with Crippen molar-refractivity contribution >= 4 is 33.6 Å². The molecule has 3 aromatic rings. The Bertz CT molecular complexity index is 1220. The van der Waals surface area contributed by atoms with E-state index >= 15 is 0 Å². The Kier molecular flexibility index (Phi) is 9.91. The molecule has 7 heteroatoms. The summed E-state index contributed by atoms with van der Waals surface area (Å²) in [5.74, 6) is 0.904. The van der Waals surface area contributed by atoms with E-state index in [-0.39, 0.29) is 5.57 Å². The summed E-state index contributed by atoms with van der Waals surface area (Å²) in [5.41, 5.74) is 3.36. The van der Waals surface area contributed by atoms with Gasteiger partial charge in [0.25, 0.3) is 5.91 Å². The number of nitriles is 1. The number of nitrogens with zero attached hydrogens (tertiary/aromatic N) is 1. The Morgan fingerprint density at radius 2 is 1.63 bits per heavy atom. The molecule has 0 aliphatic heterocycles. The number of benzene rings is 3. The third kappa shape index (κ3) is 8.29. The molecule has 180 valence electrons. The van der Waals surface area contributed by atoms with E-state index in [1.807, 2.05) is 62.4 Å². The van der Waals surface area contributed by atoms with Crippen LogP contribution < -0.4 is 14.8 Å². The predicted molar refractivity (Wildman–Crippen MR) is 141 cm³/mol. The quantitative estimate of drug-likeness (QED) is 0.183. The molecular weight excluding hydrogens is 508 g/mol. The number of aryl methyl sites for hydroxylation is 2. The summed E-state index contributed by atoms with van der Waals surface area (Å²) in [4.78, 5) is 12.6. The van der Waals surface area contributed by atoms with Crippen LogP contribution in [0.5, 0.6) is 11.5 Å². The van der Waals surface area contributed by atoms with Crippen molar-refractivity contribution in [1.82, 2.24) is 0 Å².